The second kappa shape index (κ2) is 5.75. The minimum Gasteiger partial charge on any atom is -0.0843 e. The van der Waals surface area contributed by atoms with E-state index < -0.39 is 0 Å². The molecule has 0 N–H and O–H groups in total. The Morgan fingerprint density at radius 3 is 1.86 bits per heavy atom. The Labute approximate surface area is 131 Å². The van der Waals surface area contributed by atoms with Gasteiger partial charge in [-0.2, -0.15) is 0 Å². The molecule has 0 atom stereocenters. The van der Waals surface area contributed by atoms with Crippen LogP contribution in [0.15, 0.2) is 66.7 Å². The highest BCUT2D eigenvalue weighted by molar-refractivity contribution is 6.30. The minimum atomic E-state index is 0.768. The van der Waals surface area contributed by atoms with Gasteiger partial charge >= 0.3 is 0 Å². The summed E-state index contributed by atoms with van der Waals surface area (Å²) in [6.07, 6.45) is 0. The van der Waals surface area contributed by atoms with E-state index in [-0.39, 0.29) is 0 Å². The van der Waals surface area contributed by atoms with Gasteiger partial charge in [-0.15, -0.1) is 0 Å². The summed E-state index contributed by atoms with van der Waals surface area (Å²) in [6.45, 7) is 4.27. The van der Waals surface area contributed by atoms with E-state index in [1.165, 1.54) is 33.4 Å². The van der Waals surface area contributed by atoms with Gasteiger partial charge in [0.15, 0.2) is 0 Å². The van der Waals surface area contributed by atoms with Crippen LogP contribution in [0.3, 0.4) is 0 Å². The predicted octanol–water partition coefficient (Wildman–Crippen LogP) is 6.29. The zero-order valence-corrected chi connectivity index (χ0v) is 13.0. The fourth-order valence-electron chi connectivity index (χ4n) is 2.49. The third-order valence-electron chi connectivity index (χ3n) is 3.78. The monoisotopic (exact) mass is 292 g/mol. The highest BCUT2D eigenvalue weighted by Gasteiger charge is 2.05. The van der Waals surface area contributed by atoms with Gasteiger partial charge in [0.25, 0.3) is 0 Å². The van der Waals surface area contributed by atoms with E-state index in [4.69, 9.17) is 11.6 Å². The molecule has 3 aromatic carbocycles. The highest BCUT2D eigenvalue weighted by Crippen LogP contribution is 2.30. The topological polar surface area (TPSA) is 0 Å². The van der Waals surface area contributed by atoms with Crippen molar-refractivity contribution in [3.05, 3.63) is 82.9 Å². The predicted molar refractivity (Wildman–Crippen MR) is 91.8 cm³/mol. The standard InChI is InChI=1S/C20H17Cl/c1-14-3-6-17(7-4-14)20-13-18(8-5-15(20)2)16-9-11-19(21)12-10-16/h3-13H,1-2H3. The Hall–Kier alpha value is -2.05. The third-order valence-corrected chi connectivity index (χ3v) is 4.03. The van der Waals surface area contributed by atoms with Crippen LogP contribution in [0, 0.1) is 13.8 Å². The number of hydrogen-bond acceptors (Lipinski definition) is 0. The maximum Gasteiger partial charge on any atom is 0.0406 e. The molecule has 3 aromatic rings. The average Bonchev–Trinajstić information content (AvgIpc) is 2.50. The lowest BCUT2D eigenvalue weighted by atomic mass is 9.95. The zero-order valence-electron chi connectivity index (χ0n) is 12.2. The Morgan fingerprint density at radius 1 is 0.619 bits per heavy atom. The number of benzene rings is 3. The highest BCUT2D eigenvalue weighted by atomic mass is 35.5. The quantitative estimate of drug-likeness (QED) is 0.520. The van der Waals surface area contributed by atoms with Crippen LogP contribution < -0.4 is 0 Å². The molecule has 0 nitrogen and oxygen atoms in total. The number of aryl methyl sites for hydroxylation is 2. The van der Waals surface area contributed by atoms with Crippen molar-refractivity contribution in [1.82, 2.24) is 0 Å². The second-order valence-electron chi connectivity index (χ2n) is 5.40. The molecular formula is C20H17Cl. The molecule has 104 valence electrons. The lowest BCUT2D eigenvalue weighted by molar-refractivity contribution is 1.43. The normalized spacial score (nSPS) is 10.6. The van der Waals surface area contributed by atoms with Gasteiger partial charge in [0, 0.05) is 5.02 Å². The van der Waals surface area contributed by atoms with E-state index in [1.54, 1.807) is 0 Å². The van der Waals surface area contributed by atoms with Crippen molar-refractivity contribution in [2.75, 3.05) is 0 Å². The van der Waals surface area contributed by atoms with Gasteiger partial charge < -0.3 is 0 Å². The molecule has 0 aromatic heterocycles. The molecule has 0 aliphatic heterocycles. The van der Waals surface area contributed by atoms with E-state index in [2.05, 4.69) is 68.4 Å². The summed E-state index contributed by atoms with van der Waals surface area (Å²) < 4.78 is 0. The molecule has 0 saturated heterocycles. The van der Waals surface area contributed by atoms with Crippen molar-refractivity contribution in [2.24, 2.45) is 0 Å². The molecule has 0 radical (unpaired) electrons. The SMILES string of the molecule is Cc1ccc(-c2cc(-c3ccc(Cl)cc3)ccc2C)cc1. The molecule has 0 spiro atoms. The second-order valence-corrected chi connectivity index (χ2v) is 5.84. The summed E-state index contributed by atoms with van der Waals surface area (Å²) >= 11 is 5.97. The Morgan fingerprint density at radius 2 is 1.19 bits per heavy atom. The van der Waals surface area contributed by atoms with Gasteiger partial charge in [-0.1, -0.05) is 65.7 Å². The molecule has 0 aliphatic carbocycles. The van der Waals surface area contributed by atoms with Crippen molar-refractivity contribution in [2.45, 2.75) is 13.8 Å². The fourth-order valence-corrected chi connectivity index (χ4v) is 2.61. The number of halogens is 1. The lowest BCUT2D eigenvalue weighted by Crippen LogP contribution is -1.86. The van der Waals surface area contributed by atoms with E-state index >= 15 is 0 Å². The maximum atomic E-state index is 5.97. The van der Waals surface area contributed by atoms with Crippen LogP contribution in [-0.4, -0.2) is 0 Å². The summed E-state index contributed by atoms with van der Waals surface area (Å²) in [5.74, 6) is 0. The first kappa shape index (κ1) is 13.9. The van der Waals surface area contributed by atoms with E-state index in [0.29, 0.717) is 0 Å². The minimum absolute atomic E-state index is 0.768. The summed E-state index contributed by atoms with van der Waals surface area (Å²) in [5, 5.41) is 0.768. The molecule has 0 heterocycles. The van der Waals surface area contributed by atoms with Gasteiger partial charge in [-0.3, -0.25) is 0 Å². The first-order valence-electron chi connectivity index (χ1n) is 7.07. The molecule has 0 fully saturated rings. The van der Waals surface area contributed by atoms with E-state index in [9.17, 15) is 0 Å². The molecule has 0 bridgehead atoms. The van der Waals surface area contributed by atoms with Gasteiger partial charge in [0.05, 0.1) is 0 Å². The van der Waals surface area contributed by atoms with Crippen LogP contribution >= 0.6 is 11.6 Å². The third kappa shape index (κ3) is 3.01. The Kier molecular flexibility index (Phi) is 3.81. The Bertz CT molecular complexity index is 753. The van der Waals surface area contributed by atoms with Crippen LogP contribution in [0.2, 0.25) is 5.02 Å². The molecule has 0 unspecified atom stereocenters. The van der Waals surface area contributed by atoms with Crippen molar-refractivity contribution in [3.8, 4) is 22.3 Å². The summed E-state index contributed by atoms with van der Waals surface area (Å²) in [5.41, 5.74) is 7.51. The number of rotatable bonds is 2. The summed E-state index contributed by atoms with van der Waals surface area (Å²) in [7, 11) is 0. The molecule has 0 saturated carbocycles. The average molecular weight is 293 g/mol. The summed E-state index contributed by atoms with van der Waals surface area (Å²) in [4.78, 5) is 0. The maximum absolute atomic E-state index is 5.97. The van der Waals surface area contributed by atoms with Crippen molar-refractivity contribution in [3.63, 3.8) is 0 Å². The Balaban J connectivity index is 2.07. The zero-order chi connectivity index (χ0) is 14.8. The first-order valence-corrected chi connectivity index (χ1v) is 7.45. The van der Waals surface area contributed by atoms with Crippen molar-refractivity contribution in [1.29, 1.82) is 0 Å². The summed E-state index contributed by atoms with van der Waals surface area (Å²) in [6, 6.07) is 23.3. The van der Waals surface area contributed by atoms with Crippen LogP contribution in [0.5, 0.6) is 0 Å². The first-order chi connectivity index (χ1) is 10.1. The van der Waals surface area contributed by atoms with Crippen LogP contribution in [0.1, 0.15) is 11.1 Å². The van der Waals surface area contributed by atoms with Crippen LogP contribution in [0.25, 0.3) is 22.3 Å². The van der Waals surface area contributed by atoms with Gasteiger partial charge in [0.1, 0.15) is 0 Å². The smallest absolute Gasteiger partial charge is 0.0406 e. The van der Waals surface area contributed by atoms with Gasteiger partial charge in [-0.25, -0.2) is 0 Å². The molecular weight excluding hydrogens is 276 g/mol. The molecule has 0 amide bonds. The van der Waals surface area contributed by atoms with Crippen LogP contribution in [0.4, 0.5) is 0 Å². The fraction of sp³-hybridized carbons (Fsp3) is 0.100. The van der Waals surface area contributed by atoms with E-state index in [0.717, 1.165) is 5.02 Å². The van der Waals surface area contributed by atoms with Gasteiger partial charge in [-0.05, 0) is 59.9 Å². The van der Waals surface area contributed by atoms with Crippen molar-refractivity contribution >= 4 is 11.6 Å². The molecule has 21 heavy (non-hydrogen) atoms. The van der Waals surface area contributed by atoms with Crippen LogP contribution in [-0.2, 0) is 0 Å². The largest absolute Gasteiger partial charge is 0.0843 e. The van der Waals surface area contributed by atoms with Crippen molar-refractivity contribution < 1.29 is 0 Å². The molecule has 3 rings (SSSR count). The molecule has 1 heteroatoms. The lowest BCUT2D eigenvalue weighted by Gasteiger charge is -2.10. The number of hydrogen-bond donors (Lipinski definition) is 0. The molecule has 0 aliphatic rings. The van der Waals surface area contributed by atoms with Gasteiger partial charge in [0.2, 0.25) is 0 Å². The van der Waals surface area contributed by atoms with E-state index in [1.807, 2.05) is 12.1 Å².